The molecule has 0 fully saturated rings. The maximum absolute atomic E-state index is 12.1. The van der Waals surface area contributed by atoms with Gasteiger partial charge in [-0.25, -0.2) is 13.1 Å². The average Bonchev–Trinajstić information content (AvgIpc) is 2.57. The molecule has 0 heterocycles. The Morgan fingerprint density at radius 3 is 2.25 bits per heavy atom. The highest BCUT2D eigenvalue weighted by Crippen LogP contribution is 2.09. The lowest BCUT2D eigenvalue weighted by molar-refractivity contribution is -0.142. The van der Waals surface area contributed by atoms with E-state index in [1.54, 1.807) is 37.3 Å². The predicted octanol–water partition coefficient (Wildman–Crippen LogP) is 2.31. The van der Waals surface area contributed by atoms with Gasteiger partial charge in [-0.3, -0.25) is 4.79 Å². The summed E-state index contributed by atoms with van der Waals surface area (Å²) in [6.45, 7) is 2.46. The molecule has 1 N–H and O–H groups in total. The van der Waals surface area contributed by atoms with Crippen LogP contribution in [-0.4, -0.2) is 27.5 Å². The molecule has 128 valence electrons. The van der Waals surface area contributed by atoms with E-state index < -0.39 is 10.0 Å². The fraction of sp³-hybridized carbons (Fsp3) is 0.278. The van der Waals surface area contributed by atoms with Gasteiger partial charge in [0.1, 0.15) is 0 Å². The van der Waals surface area contributed by atoms with Crippen molar-refractivity contribution in [2.75, 3.05) is 13.2 Å². The van der Waals surface area contributed by atoms with Gasteiger partial charge in [0.05, 0.1) is 17.9 Å². The Kier molecular flexibility index (Phi) is 6.52. The van der Waals surface area contributed by atoms with Crippen LogP contribution in [-0.2, 0) is 32.4 Å². The van der Waals surface area contributed by atoms with Crippen LogP contribution in [0.15, 0.2) is 59.5 Å². The Labute approximate surface area is 142 Å². The van der Waals surface area contributed by atoms with E-state index in [0.717, 1.165) is 11.1 Å². The molecule has 0 amide bonds. The summed E-state index contributed by atoms with van der Waals surface area (Å²) in [5.41, 5.74) is 1.88. The summed E-state index contributed by atoms with van der Waals surface area (Å²) >= 11 is 0. The molecule has 2 aromatic carbocycles. The van der Waals surface area contributed by atoms with Crippen molar-refractivity contribution < 1.29 is 17.9 Å². The first-order valence-corrected chi connectivity index (χ1v) is 9.28. The number of hydrogen-bond acceptors (Lipinski definition) is 4. The van der Waals surface area contributed by atoms with Gasteiger partial charge in [0.15, 0.2) is 0 Å². The topological polar surface area (TPSA) is 72.5 Å². The molecule has 6 heteroatoms. The first-order valence-electron chi connectivity index (χ1n) is 7.79. The molecular weight excluding hydrogens is 326 g/mol. The third-order valence-corrected chi connectivity index (χ3v) is 4.91. The molecule has 2 rings (SSSR count). The molecule has 0 aliphatic carbocycles. The second kappa shape index (κ2) is 8.61. The van der Waals surface area contributed by atoms with Crippen LogP contribution in [0.2, 0.25) is 0 Å². The second-order valence-electron chi connectivity index (χ2n) is 5.26. The fourth-order valence-corrected chi connectivity index (χ4v) is 3.27. The third kappa shape index (κ3) is 5.47. The van der Waals surface area contributed by atoms with Gasteiger partial charge in [-0.15, -0.1) is 0 Å². The third-order valence-electron chi connectivity index (χ3n) is 3.44. The highest BCUT2D eigenvalue weighted by molar-refractivity contribution is 7.89. The lowest BCUT2D eigenvalue weighted by atomic mass is 10.1. The Morgan fingerprint density at radius 2 is 1.62 bits per heavy atom. The van der Waals surface area contributed by atoms with Crippen molar-refractivity contribution in [2.45, 2.75) is 24.7 Å². The lowest BCUT2D eigenvalue weighted by Crippen LogP contribution is -2.25. The van der Waals surface area contributed by atoms with Crippen molar-refractivity contribution in [1.29, 1.82) is 0 Å². The fourth-order valence-electron chi connectivity index (χ4n) is 2.22. The maximum Gasteiger partial charge on any atom is 0.310 e. The van der Waals surface area contributed by atoms with Crippen molar-refractivity contribution in [2.24, 2.45) is 0 Å². The number of sulfonamides is 1. The molecule has 0 saturated carbocycles. The molecule has 0 aromatic heterocycles. The van der Waals surface area contributed by atoms with E-state index in [-0.39, 0.29) is 17.3 Å². The van der Waals surface area contributed by atoms with Crippen LogP contribution in [0.4, 0.5) is 0 Å². The Bertz CT molecular complexity index is 755. The van der Waals surface area contributed by atoms with E-state index in [0.29, 0.717) is 19.6 Å². The maximum atomic E-state index is 12.1. The molecule has 0 aliphatic heterocycles. The summed E-state index contributed by atoms with van der Waals surface area (Å²) in [7, 11) is -3.47. The first kappa shape index (κ1) is 18.2. The molecule has 2 aromatic rings. The van der Waals surface area contributed by atoms with Crippen LogP contribution in [0.1, 0.15) is 18.1 Å². The summed E-state index contributed by atoms with van der Waals surface area (Å²) in [6.07, 6.45) is 0.820. The van der Waals surface area contributed by atoms with Gasteiger partial charge in [-0.1, -0.05) is 42.5 Å². The predicted molar refractivity (Wildman–Crippen MR) is 92.1 cm³/mol. The molecule has 0 spiro atoms. The van der Waals surface area contributed by atoms with Crippen molar-refractivity contribution >= 4 is 16.0 Å². The van der Waals surface area contributed by atoms with Gasteiger partial charge in [-0.05, 0) is 36.6 Å². The van der Waals surface area contributed by atoms with Crippen LogP contribution in [0.5, 0.6) is 0 Å². The second-order valence-corrected chi connectivity index (χ2v) is 7.03. The van der Waals surface area contributed by atoms with E-state index in [1.807, 2.05) is 24.3 Å². The molecule has 0 bridgehead atoms. The van der Waals surface area contributed by atoms with Crippen molar-refractivity contribution in [3.05, 3.63) is 65.7 Å². The van der Waals surface area contributed by atoms with Gasteiger partial charge in [-0.2, -0.15) is 0 Å². The molecule has 0 saturated heterocycles. The smallest absolute Gasteiger partial charge is 0.310 e. The highest BCUT2D eigenvalue weighted by Gasteiger charge is 2.12. The highest BCUT2D eigenvalue weighted by atomic mass is 32.2. The van der Waals surface area contributed by atoms with Crippen LogP contribution in [0.3, 0.4) is 0 Å². The van der Waals surface area contributed by atoms with Crippen LogP contribution < -0.4 is 4.72 Å². The molecule has 0 atom stereocenters. The van der Waals surface area contributed by atoms with Gasteiger partial charge < -0.3 is 4.74 Å². The SMILES string of the molecule is CCOC(=O)Cc1ccc(CCNS(=O)(=O)c2ccccc2)cc1. The number of carbonyl (C=O) groups excluding carboxylic acids is 1. The summed E-state index contributed by atoms with van der Waals surface area (Å²) in [6, 6.07) is 15.8. The van der Waals surface area contributed by atoms with Crippen LogP contribution in [0.25, 0.3) is 0 Å². The van der Waals surface area contributed by atoms with Crippen LogP contribution >= 0.6 is 0 Å². The quantitative estimate of drug-likeness (QED) is 0.744. The van der Waals surface area contributed by atoms with Crippen LogP contribution in [0, 0.1) is 0 Å². The van der Waals surface area contributed by atoms with E-state index in [1.165, 1.54) is 0 Å². The Morgan fingerprint density at radius 1 is 1.00 bits per heavy atom. The zero-order valence-corrected chi connectivity index (χ0v) is 14.4. The van der Waals surface area contributed by atoms with E-state index in [9.17, 15) is 13.2 Å². The average molecular weight is 347 g/mol. The molecular formula is C18H21NO4S. The van der Waals surface area contributed by atoms with E-state index >= 15 is 0 Å². The van der Waals surface area contributed by atoms with Crippen molar-refractivity contribution in [1.82, 2.24) is 4.72 Å². The minimum absolute atomic E-state index is 0.245. The summed E-state index contributed by atoms with van der Waals surface area (Å²) in [5.74, 6) is -0.249. The Hall–Kier alpha value is -2.18. The van der Waals surface area contributed by atoms with Gasteiger partial charge in [0, 0.05) is 6.54 Å². The monoisotopic (exact) mass is 347 g/mol. The number of rotatable bonds is 8. The van der Waals surface area contributed by atoms with E-state index in [2.05, 4.69) is 4.72 Å². The number of benzene rings is 2. The Balaban J connectivity index is 1.85. The van der Waals surface area contributed by atoms with Gasteiger partial charge in [0.2, 0.25) is 10.0 Å². The summed E-state index contributed by atoms with van der Waals surface area (Å²) in [4.78, 5) is 11.7. The number of carbonyl (C=O) groups is 1. The normalized spacial score (nSPS) is 11.2. The lowest BCUT2D eigenvalue weighted by Gasteiger charge is -2.07. The summed E-state index contributed by atoms with van der Waals surface area (Å²) in [5, 5.41) is 0. The molecule has 24 heavy (non-hydrogen) atoms. The minimum atomic E-state index is -3.47. The molecule has 0 aliphatic rings. The van der Waals surface area contributed by atoms with Crippen molar-refractivity contribution in [3.63, 3.8) is 0 Å². The van der Waals surface area contributed by atoms with E-state index in [4.69, 9.17) is 4.74 Å². The molecule has 5 nitrogen and oxygen atoms in total. The first-order chi connectivity index (χ1) is 11.5. The summed E-state index contributed by atoms with van der Waals surface area (Å²) < 4.78 is 31.7. The largest absolute Gasteiger partial charge is 0.466 e. The number of esters is 1. The number of ether oxygens (including phenoxy) is 1. The molecule has 0 unspecified atom stereocenters. The molecule has 0 radical (unpaired) electrons. The zero-order chi connectivity index (χ0) is 17.4. The number of nitrogens with one attached hydrogen (secondary N) is 1. The van der Waals surface area contributed by atoms with Crippen molar-refractivity contribution in [3.8, 4) is 0 Å². The number of hydrogen-bond donors (Lipinski definition) is 1. The zero-order valence-electron chi connectivity index (χ0n) is 13.6. The standard InChI is InChI=1S/C18H21NO4S/c1-2-23-18(20)14-16-10-8-15(9-11-16)12-13-19-24(21,22)17-6-4-3-5-7-17/h3-11,19H,2,12-14H2,1H3. The minimum Gasteiger partial charge on any atom is -0.466 e. The van der Waals surface area contributed by atoms with Gasteiger partial charge in [0.25, 0.3) is 0 Å². The van der Waals surface area contributed by atoms with Gasteiger partial charge >= 0.3 is 5.97 Å².